The van der Waals surface area contributed by atoms with Gasteiger partial charge in [-0.2, -0.15) is 5.10 Å². The Morgan fingerprint density at radius 3 is 2.76 bits per heavy atom. The van der Waals surface area contributed by atoms with Gasteiger partial charge < -0.3 is 14.6 Å². The SMILES string of the molecule is Cc1c(C(=O)N2CCC(CNC(=O)c3cnn(C)c3)CC2)oc2ccc(Br)cc12. The number of rotatable bonds is 4. The van der Waals surface area contributed by atoms with Gasteiger partial charge in [0, 0.05) is 48.3 Å². The van der Waals surface area contributed by atoms with Crippen molar-refractivity contribution in [2.45, 2.75) is 19.8 Å². The maximum absolute atomic E-state index is 13.0. The van der Waals surface area contributed by atoms with Crippen LogP contribution in [-0.2, 0) is 7.05 Å². The Hall–Kier alpha value is -2.61. The van der Waals surface area contributed by atoms with Crippen molar-refractivity contribution in [1.82, 2.24) is 20.0 Å². The van der Waals surface area contributed by atoms with E-state index in [2.05, 4.69) is 26.3 Å². The maximum atomic E-state index is 13.0. The maximum Gasteiger partial charge on any atom is 0.289 e. The summed E-state index contributed by atoms with van der Waals surface area (Å²) in [4.78, 5) is 27.0. The van der Waals surface area contributed by atoms with Crippen molar-refractivity contribution in [3.05, 3.63) is 52.0 Å². The molecule has 152 valence electrons. The first kappa shape index (κ1) is 19.7. The predicted molar refractivity (Wildman–Crippen MR) is 113 cm³/mol. The summed E-state index contributed by atoms with van der Waals surface area (Å²) in [5.41, 5.74) is 2.16. The number of likely N-dealkylation sites (tertiary alicyclic amines) is 1. The number of piperidine rings is 1. The summed E-state index contributed by atoms with van der Waals surface area (Å²) in [5, 5.41) is 7.94. The molecule has 1 N–H and O–H groups in total. The van der Waals surface area contributed by atoms with Crippen molar-refractivity contribution in [2.24, 2.45) is 13.0 Å². The van der Waals surface area contributed by atoms with Crippen LogP contribution in [0.15, 0.2) is 39.5 Å². The second-order valence-corrected chi connectivity index (χ2v) is 8.46. The van der Waals surface area contributed by atoms with Gasteiger partial charge in [-0.05, 0) is 43.9 Å². The molecule has 1 aliphatic rings. The van der Waals surface area contributed by atoms with Gasteiger partial charge in [0.05, 0.1) is 11.8 Å². The van der Waals surface area contributed by atoms with Crippen LogP contribution >= 0.6 is 15.9 Å². The second kappa shape index (κ2) is 8.02. The molecule has 1 aromatic carbocycles. The van der Waals surface area contributed by atoms with E-state index < -0.39 is 0 Å². The lowest BCUT2D eigenvalue weighted by atomic mass is 9.96. The average molecular weight is 459 g/mol. The van der Waals surface area contributed by atoms with E-state index in [1.807, 2.05) is 30.0 Å². The minimum atomic E-state index is -0.110. The lowest BCUT2D eigenvalue weighted by Crippen LogP contribution is -2.41. The quantitative estimate of drug-likeness (QED) is 0.648. The normalized spacial score (nSPS) is 15.1. The average Bonchev–Trinajstić information content (AvgIpc) is 3.30. The molecule has 3 heterocycles. The van der Waals surface area contributed by atoms with Gasteiger partial charge in [-0.25, -0.2) is 0 Å². The molecule has 0 saturated carbocycles. The first-order chi connectivity index (χ1) is 13.9. The number of carbonyl (C=O) groups excluding carboxylic acids is 2. The van der Waals surface area contributed by atoms with Crippen molar-refractivity contribution in [3.8, 4) is 0 Å². The molecule has 7 nitrogen and oxygen atoms in total. The molecular weight excluding hydrogens is 436 g/mol. The van der Waals surface area contributed by atoms with Crippen LogP contribution in [0.2, 0.25) is 0 Å². The van der Waals surface area contributed by atoms with E-state index in [0.29, 0.717) is 36.9 Å². The molecule has 0 atom stereocenters. The minimum absolute atomic E-state index is 0.0623. The third kappa shape index (κ3) is 4.07. The van der Waals surface area contributed by atoms with Gasteiger partial charge in [-0.3, -0.25) is 14.3 Å². The van der Waals surface area contributed by atoms with Crippen molar-refractivity contribution < 1.29 is 14.0 Å². The van der Waals surface area contributed by atoms with Gasteiger partial charge in [-0.1, -0.05) is 15.9 Å². The van der Waals surface area contributed by atoms with Gasteiger partial charge in [-0.15, -0.1) is 0 Å². The van der Waals surface area contributed by atoms with Gasteiger partial charge in [0.1, 0.15) is 5.58 Å². The molecule has 8 heteroatoms. The topological polar surface area (TPSA) is 80.4 Å². The van der Waals surface area contributed by atoms with Crippen LogP contribution in [0.3, 0.4) is 0 Å². The van der Waals surface area contributed by atoms with Crippen LogP contribution in [0.25, 0.3) is 11.0 Å². The largest absolute Gasteiger partial charge is 0.451 e. The standard InChI is InChI=1S/C21H23BrN4O3/c1-13-17-9-16(22)3-4-18(17)29-19(13)21(28)26-7-5-14(6-8-26)10-23-20(27)15-11-24-25(2)12-15/h3-4,9,11-12,14H,5-8,10H2,1-2H3,(H,23,27). The second-order valence-electron chi connectivity index (χ2n) is 7.54. The van der Waals surface area contributed by atoms with Crippen LogP contribution in [-0.4, -0.2) is 46.1 Å². The van der Waals surface area contributed by atoms with E-state index in [1.54, 1.807) is 24.1 Å². The Labute approximate surface area is 177 Å². The molecule has 1 aliphatic heterocycles. The number of nitrogens with one attached hydrogen (secondary N) is 1. The highest BCUT2D eigenvalue weighted by Gasteiger charge is 2.28. The number of carbonyl (C=O) groups is 2. The molecule has 0 radical (unpaired) electrons. The van der Waals surface area contributed by atoms with Gasteiger partial charge >= 0.3 is 0 Å². The Balaban J connectivity index is 1.34. The number of nitrogens with zero attached hydrogens (tertiary/aromatic N) is 3. The summed E-state index contributed by atoms with van der Waals surface area (Å²) in [6.45, 7) is 3.85. The summed E-state index contributed by atoms with van der Waals surface area (Å²) in [7, 11) is 1.78. The number of aromatic nitrogens is 2. The molecule has 1 saturated heterocycles. The van der Waals surface area contributed by atoms with Crippen LogP contribution in [0.4, 0.5) is 0 Å². The summed E-state index contributed by atoms with van der Waals surface area (Å²) < 4.78 is 8.42. The molecule has 0 aliphatic carbocycles. The molecular formula is C21H23BrN4O3. The van der Waals surface area contributed by atoms with Crippen LogP contribution in [0.5, 0.6) is 0 Å². The molecule has 0 unspecified atom stereocenters. The summed E-state index contributed by atoms with van der Waals surface area (Å²) >= 11 is 3.47. The van der Waals surface area contributed by atoms with Crippen LogP contribution in [0.1, 0.15) is 39.3 Å². The zero-order chi connectivity index (χ0) is 20.5. The molecule has 3 aromatic rings. The van der Waals surface area contributed by atoms with Crippen molar-refractivity contribution >= 4 is 38.7 Å². The summed E-state index contributed by atoms with van der Waals surface area (Å²) in [5.74, 6) is 0.599. The van der Waals surface area contributed by atoms with E-state index in [1.165, 1.54) is 0 Å². The third-order valence-electron chi connectivity index (χ3n) is 5.51. The molecule has 2 amide bonds. The predicted octanol–water partition coefficient (Wildman–Crippen LogP) is 3.52. The van der Waals surface area contributed by atoms with Gasteiger partial charge in [0.2, 0.25) is 0 Å². The lowest BCUT2D eigenvalue weighted by Gasteiger charge is -2.31. The number of benzene rings is 1. The molecule has 1 fully saturated rings. The van der Waals surface area contributed by atoms with E-state index >= 15 is 0 Å². The smallest absolute Gasteiger partial charge is 0.289 e. The first-order valence-electron chi connectivity index (χ1n) is 9.67. The third-order valence-corrected chi connectivity index (χ3v) is 6.01. The highest BCUT2D eigenvalue weighted by atomic mass is 79.9. The van der Waals surface area contributed by atoms with Crippen molar-refractivity contribution in [2.75, 3.05) is 19.6 Å². The number of halogens is 1. The van der Waals surface area contributed by atoms with E-state index in [4.69, 9.17) is 4.42 Å². The Morgan fingerprint density at radius 1 is 1.31 bits per heavy atom. The monoisotopic (exact) mass is 458 g/mol. The summed E-state index contributed by atoms with van der Waals surface area (Å²) in [6, 6.07) is 5.76. The summed E-state index contributed by atoms with van der Waals surface area (Å²) in [6.07, 6.45) is 4.96. The van der Waals surface area contributed by atoms with Crippen molar-refractivity contribution in [3.63, 3.8) is 0 Å². The molecule has 0 spiro atoms. The minimum Gasteiger partial charge on any atom is -0.451 e. The lowest BCUT2D eigenvalue weighted by molar-refractivity contribution is 0.0654. The van der Waals surface area contributed by atoms with Crippen molar-refractivity contribution in [1.29, 1.82) is 0 Å². The number of aryl methyl sites for hydroxylation is 2. The zero-order valence-corrected chi connectivity index (χ0v) is 18.0. The van der Waals surface area contributed by atoms with Crippen LogP contribution in [0, 0.1) is 12.8 Å². The van der Waals surface area contributed by atoms with E-state index in [0.717, 1.165) is 33.8 Å². The number of fused-ring (bicyclic) bond motifs is 1. The highest BCUT2D eigenvalue weighted by molar-refractivity contribution is 9.10. The zero-order valence-electron chi connectivity index (χ0n) is 16.4. The Kier molecular flexibility index (Phi) is 5.45. The number of hydrogen-bond donors (Lipinski definition) is 1. The van der Waals surface area contributed by atoms with E-state index in [9.17, 15) is 9.59 Å². The fourth-order valence-corrected chi connectivity index (χ4v) is 4.12. The fraction of sp³-hybridized carbons (Fsp3) is 0.381. The van der Waals surface area contributed by atoms with Gasteiger partial charge in [0.15, 0.2) is 5.76 Å². The number of amides is 2. The Morgan fingerprint density at radius 2 is 2.07 bits per heavy atom. The molecule has 4 rings (SSSR count). The molecule has 29 heavy (non-hydrogen) atoms. The van der Waals surface area contributed by atoms with Gasteiger partial charge in [0.25, 0.3) is 11.8 Å². The number of hydrogen-bond acceptors (Lipinski definition) is 4. The molecule has 2 aromatic heterocycles. The first-order valence-corrected chi connectivity index (χ1v) is 10.5. The number of furan rings is 1. The Bertz CT molecular complexity index is 1060. The van der Waals surface area contributed by atoms with E-state index in [-0.39, 0.29) is 11.8 Å². The van der Waals surface area contributed by atoms with Crippen LogP contribution < -0.4 is 5.32 Å². The fourth-order valence-electron chi connectivity index (χ4n) is 3.76. The highest BCUT2D eigenvalue weighted by Crippen LogP contribution is 2.29. The molecule has 0 bridgehead atoms.